The molecule has 158 valence electrons. The van der Waals surface area contributed by atoms with Crippen molar-refractivity contribution >= 4 is 42.6 Å². The summed E-state index contributed by atoms with van der Waals surface area (Å²) in [5.41, 5.74) is 0.377. The number of piperidine rings is 1. The molecule has 0 saturated carbocycles. The van der Waals surface area contributed by atoms with E-state index in [1.807, 2.05) is 6.92 Å². The minimum atomic E-state index is -3.71. The summed E-state index contributed by atoms with van der Waals surface area (Å²) < 4.78 is 54.7. The number of fused-ring (bicyclic) bond motifs is 1. The highest BCUT2D eigenvalue weighted by molar-refractivity contribution is 7.89. The van der Waals surface area contributed by atoms with E-state index in [0.717, 1.165) is 42.7 Å². The van der Waals surface area contributed by atoms with E-state index in [-0.39, 0.29) is 27.1 Å². The van der Waals surface area contributed by atoms with E-state index in [1.54, 1.807) is 0 Å². The summed E-state index contributed by atoms with van der Waals surface area (Å²) in [7, 11) is -3.71. The number of carbonyl (C=O) groups is 1. The first-order chi connectivity index (χ1) is 14.3. The summed E-state index contributed by atoms with van der Waals surface area (Å²) in [5, 5.41) is 2.73. The number of thiazole rings is 1. The summed E-state index contributed by atoms with van der Waals surface area (Å²) in [4.78, 5) is 16.8. The van der Waals surface area contributed by atoms with Crippen molar-refractivity contribution in [3.05, 3.63) is 53.6 Å². The molecule has 0 bridgehead atoms. The number of nitrogens with one attached hydrogen (secondary N) is 1. The fraction of sp³-hybridized carbons (Fsp3) is 0.300. The van der Waals surface area contributed by atoms with Gasteiger partial charge in [-0.05, 0) is 44.0 Å². The van der Waals surface area contributed by atoms with E-state index in [9.17, 15) is 22.0 Å². The van der Waals surface area contributed by atoms with Gasteiger partial charge < -0.3 is 0 Å². The fourth-order valence-electron chi connectivity index (χ4n) is 3.51. The normalized spacial score (nSPS) is 17.9. The second-order valence-electron chi connectivity index (χ2n) is 7.20. The monoisotopic (exact) mass is 451 g/mol. The molecule has 30 heavy (non-hydrogen) atoms. The molecule has 0 radical (unpaired) electrons. The van der Waals surface area contributed by atoms with Crippen LogP contribution < -0.4 is 5.32 Å². The van der Waals surface area contributed by atoms with Crippen LogP contribution in [0.3, 0.4) is 0 Å². The Kier molecular flexibility index (Phi) is 5.56. The number of carbonyl (C=O) groups excluding carboxylic acids is 1. The highest BCUT2D eigenvalue weighted by atomic mass is 32.2. The van der Waals surface area contributed by atoms with Crippen LogP contribution in [-0.4, -0.2) is 36.2 Å². The first kappa shape index (κ1) is 20.8. The molecule has 1 fully saturated rings. The smallest absolute Gasteiger partial charge is 0.257 e. The molecular formula is C20H19F2N3O3S2. The first-order valence-electron chi connectivity index (χ1n) is 9.44. The zero-order chi connectivity index (χ0) is 21.5. The van der Waals surface area contributed by atoms with Crippen LogP contribution in [0.2, 0.25) is 0 Å². The molecule has 1 atom stereocenters. The SMILES string of the molecule is CC1CCCCN1S(=O)(=O)c1cccc(C(=O)Nc2nc3cc(F)c(F)cc3s2)c1. The number of benzene rings is 2. The van der Waals surface area contributed by atoms with Crippen LogP contribution in [0.5, 0.6) is 0 Å². The Morgan fingerprint density at radius 2 is 1.97 bits per heavy atom. The van der Waals surface area contributed by atoms with Crippen LogP contribution in [0.4, 0.5) is 13.9 Å². The largest absolute Gasteiger partial charge is 0.298 e. The molecule has 2 aromatic carbocycles. The molecule has 1 saturated heterocycles. The van der Waals surface area contributed by atoms with Crippen molar-refractivity contribution in [2.45, 2.75) is 37.1 Å². The van der Waals surface area contributed by atoms with Crippen molar-refractivity contribution in [1.29, 1.82) is 0 Å². The quantitative estimate of drug-likeness (QED) is 0.638. The third-order valence-corrected chi connectivity index (χ3v) is 8.04. The van der Waals surface area contributed by atoms with Crippen LogP contribution in [0.15, 0.2) is 41.3 Å². The molecule has 1 aromatic heterocycles. The molecule has 1 aliphatic heterocycles. The van der Waals surface area contributed by atoms with Crippen LogP contribution in [0, 0.1) is 11.6 Å². The lowest BCUT2D eigenvalue weighted by atomic mass is 10.1. The van der Waals surface area contributed by atoms with Gasteiger partial charge in [-0.15, -0.1) is 0 Å². The van der Waals surface area contributed by atoms with Crippen molar-refractivity contribution in [2.24, 2.45) is 0 Å². The second-order valence-corrected chi connectivity index (χ2v) is 10.1. The van der Waals surface area contributed by atoms with Gasteiger partial charge >= 0.3 is 0 Å². The fourth-order valence-corrected chi connectivity index (χ4v) is 6.12. The lowest BCUT2D eigenvalue weighted by molar-refractivity contribution is 0.102. The molecule has 0 aliphatic carbocycles. The van der Waals surface area contributed by atoms with Crippen LogP contribution in [-0.2, 0) is 10.0 Å². The van der Waals surface area contributed by atoms with Crippen LogP contribution in [0.1, 0.15) is 36.5 Å². The highest BCUT2D eigenvalue weighted by Gasteiger charge is 2.31. The average Bonchev–Trinajstić information content (AvgIpc) is 3.09. The maximum absolute atomic E-state index is 13.4. The van der Waals surface area contributed by atoms with Crippen molar-refractivity contribution in [2.75, 3.05) is 11.9 Å². The molecule has 1 amide bonds. The minimum Gasteiger partial charge on any atom is -0.298 e. The summed E-state index contributed by atoms with van der Waals surface area (Å²) in [6.07, 6.45) is 2.60. The number of anilines is 1. The third kappa shape index (κ3) is 3.94. The molecule has 0 spiro atoms. The van der Waals surface area contributed by atoms with Crippen LogP contribution in [0.25, 0.3) is 10.2 Å². The predicted octanol–water partition coefficient (Wildman–Crippen LogP) is 4.39. The molecule has 6 nitrogen and oxygen atoms in total. The van der Waals surface area contributed by atoms with Crippen molar-refractivity contribution in [3.63, 3.8) is 0 Å². The van der Waals surface area contributed by atoms with E-state index < -0.39 is 27.6 Å². The van der Waals surface area contributed by atoms with Gasteiger partial charge in [0.25, 0.3) is 5.91 Å². The van der Waals surface area contributed by atoms with Gasteiger partial charge in [-0.25, -0.2) is 22.2 Å². The number of hydrogen-bond acceptors (Lipinski definition) is 5. The van der Waals surface area contributed by atoms with Crippen molar-refractivity contribution in [3.8, 4) is 0 Å². The summed E-state index contributed by atoms with van der Waals surface area (Å²) in [6, 6.07) is 7.70. The number of amides is 1. The Balaban J connectivity index is 1.58. The number of nitrogens with zero attached hydrogens (tertiary/aromatic N) is 2. The van der Waals surface area contributed by atoms with Gasteiger partial charge in [-0.1, -0.05) is 23.8 Å². The number of rotatable bonds is 4. The molecule has 2 heterocycles. The molecule has 1 unspecified atom stereocenters. The Hall–Kier alpha value is -2.43. The zero-order valence-electron chi connectivity index (χ0n) is 16.1. The lowest BCUT2D eigenvalue weighted by Crippen LogP contribution is -2.41. The van der Waals surface area contributed by atoms with E-state index in [4.69, 9.17) is 0 Å². The maximum Gasteiger partial charge on any atom is 0.257 e. The molecule has 1 aliphatic rings. The standard InChI is InChI=1S/C20H19F2N3O3S2/c1-12-5-2-3-8-25(12)30(27,28)14-7-4-6-13(9-14)19(26)24-20-23-17-10-15(21)16(22)11-18(17)29-20/h4,6-7,9-12H,2-3,5,8H2,1H3,(H,23,24,26). The van der Waals surface area contributed by atoms with Gasteiger partial charge in [0.1, 0.15) is 0 Å². The van der Waals surface area contributed by atoms with Crippen molar-refractivity contribution < 1.29 is 22.0 Å². The average molecular weight is 452 g/mol. The lowest BCUT2D eigenvalue weighted by Gasteiger charge is -2.32. The van der Waals surface area contributed by atoms with Gasteiger partial charge in [0, 0.05) is 24.2 Å². The van der Waals surface area contributed by atoms with E-state index >= 15 is 0 Å². The molecule has 1 N–H and O–H groups in total. The zero-order valence-corrected chi connectivity index (χ0v) is 17.7. The highest BCUT2D eigenvalue weighted by Crippen LogP contribution is 2.29. The molecular weight excluding hydrogens is 432 g/mol. The van der Waals surface area contributed by atoms with Gasteiger partial charge in [-0.2, -0.15) is 4.31 Å². The maximum atomic E-state index is 13.4. The Morgan fingerprint density at radius 1 is 1.20 bits per heavy atom. The Morgan fingerprint density at radius 3 is 2.73 bits per heavy atom. The predicted molar refractivity (Wildman–Crippen MR) is 111 cm³/mol. The van der Waals surface area contributed by atoms with Gasteiger partial charge in [0.05, 0.1) is 15.1 Å². The Bertz CT molecular complexity index is 1190. The van der Waals surface area contributed by atoms with Gasteiger partial charge in [0.2, 0.25) is 10.0 Å². The number of halogens is 2. The van der Waals surface area contributed by atoms with E-state index in [0.29, 0.717) is 11.2 Å². The second kappa shape index (κ2) is 8.01. The summed E-state index contributed by atoms with van der Waals surface area (Å²) in [6.45, 7) is 2.34. The molecule has 10 heteroatoms. The number of sulfonamides is 1. The van der Waals surface area contributed by atoms with Crippen molar-refractivity contribution in [1.82, 2.24) is 9.29 Å². The first-order valence-corrected chi connectivity index (χ1v) is 11.7. The van der Waals surface area contributed by atoms with Gasteiger partial charge in [0.15, 0.2) is 16.8 Å². The molecule has 4 rings (SSSR count). The molecule has 3 aromatic rings. The third-order valence-electron chi connectivity index (χ3n) is 5.10. The topological polar surface area (TPSA) is 79.4 Å². The minimum absolute atomic E-state index is 0.0531. The van der Waals surface area contributed by atoms with E-state index in [1.165, 1.54) is 28.6 Å². The van der Waals surface area contributed by atoms with Crippen LogP contribution >= 0.6 is 11.3 Å². The summed E-state index contributed by atoms with van der Waals surface area (Å²) >= 11 is 1.000. The summed E-state index contributed by atoms with van der Waals surface area (Å²) in [5.74, 6) is -2.57. The van der Waals surface area contributed by atoms with Gasteiger partial charge in [-0.3, -0.25) is 10.1 Å². The number of aromatic nitrogens is 1. The number of hydrogen-bond donors (Lipinski definition) is 1. The Labute approximate surface area is 176 Å². The van der Waals surface area contributed by atoms with E-state index in [2.05, 4.69) is 10.3 Å².